The Morgan fingerprint density at radius 2 is 1.47 bits per heavy atom. The molecule has 0 fully saturated rings. The molecule has 0 aliphatic carbocycles. The van der Waals surface area contributed by atoms with Crippen molar-refractivity contribution in [2.75, 3.05) is 0 Å². The molecule has 0 aliphatic rings. The third kappa shape index (κ3) is 3.96. The van der Waals surface area contributed by atoms with Gasteiger partial charge in [0.1, 0.15) is 0 Å². The highest BCUT2D eigenvalue weighted by atomic mass is 79.9. The Balaban J connectivity index is 1.85. The van der Waals surface area contributed by atoms with Crippen molar-refractivity contribution >= 4 is 26.0 Å². The van der Waals surface area contributed by atoms with E-state index >= 15 is 0 Å². The molecule has 1 aromatic heterocycles. The average Bonchev–Trinajstić information content (AvgIpc) is 3.09. The number of primary sulfonamides is 1. The van der Waals surface area contributed by atoms with E-state index in [2.05, 4.69) is 21.1 Å². The summed E-state index contributed by atoms with van der Waals surface area (Å²) in [6.45, 7) is 1.71. The summed E-state index contributed by atoms with van der Waals surface area (Å²) in [5, 5.41) is 9.17. The van der Waals surface area contributed by atoms with Gasteiger partial charge in [0.2, 0.25) is 10.0 Å². The van der Waals surface area contributed by atoms with Gasteiger partial charge in [-0.05, 0) is 63.8 Å². The van der Waals surface area contributed by atoms with Gasteiger partial charge in [-0.2, -0.15) is 0 Å². The molecule has 0 aliphatic heterocycles. The maximum Gasteiger partial charge on any atom is 0.238 e. The molecule has 164 valence electrons. The van der Waals surface area contributed by atoms with Crippen molar-refractivity contribution in [1.82, 2.24) is 5.16 Å². The molecular formula is C22H14BrF3N2O3S. The number of hydrogen-bond acceptors (Lipinski definition) is 4. The molecule has 0 unspecified atom stereocenters. The minimum absolute atomic E-state index is 0.0890. The summed E-state index contributed by atoms with van der Waals surface area (Å²) < 4.78 is 70.7. The molecule has 10 heteroatoms. The Kier molecular flexibility index (Phi) is 5.70. The van der Waals surface area contributed by atoms with Gasteiger partial charge in [0.25, 0.3) is 0 Å². The van der Waals surface area contributed by atoms with E-state index in [-0.39, 0.29) is 10.5 Å². The van der Waals surface area contributed by atoms with Gasteiger partial charge in [0, 0.05) is 11.1 Å². The fourth-order valence-electron chi connectivity index (χ4n) is 3.24. The molecular weight excluding hydrogens is 509 g/mol. The maximum absolute atomic E-state index is 14.2. The molecule has 3 aromatic carbocycles. The van der Waals surface area contributed by atoms with Crippen LogP contribution in [0.15, 0.2) is 68.5 Å². The number of nitrogens with two attached hydrogens (primary N) is 1. The van der Waals surface area contributed by atoms with Crippen LogP contribution in [-0.4, -0.2) is 13.6 Å². The summed E-state index contributed by atoms with van der Waals surface area (Å²) in [5.41, 5.74) is 2.45. The third-order valence-electron chi connectivity index (χ3n) is 4.90. The first kappa shape index (κ1) is 22.3. The van der Waals surface area contributed by atoms with E-state index in [9.17, 15) is 21.6 Å². The van der Waals surface area contributed by atoms with Crippen molar-refractivity contribution < 1.29 is 26.1 Å². The zero-order chi connectivity index (χ0) is 23.2. The fraction of sp³-hybridized carbons (Fsp3) is 0.0455. The van der Waals surface area contributed by atoms with Crippen molar-refractivity contribution in [2.45, 2.75) is 11.8 Å². The minimum atomic E-state index is -3.98. The van der Waals surface area contributed by atoms with Gasteiger partial charge < -0.3 is 4.52 Å². The summed E-state index contributed by atoms with van der Waals surface area (Å²) in [7, 11) is -3.98. The molecule has 0 atom stereocenters. The Labute approximate surface area is 189 Å². The van der Waals surface area contributed by atoms with Crippen LogP contribution in [-0.2, 0) is 10.0 Å². The van der Waals surface area contributed by atoms with Crippen molar-refractivity contribution in [1.29, 1.82) is 0 Å². The predicted molar refractivity (Wildman–Crippen MR) is 116 cm³/mol. The van der Waals surface area contributed by atoms with Gasteiger partial charge in [-0.3, -0.25) is 0 Å². The van der Waals surface area contributed by atoms with Crippen molar-refractivity contribution in [3.05, 3.63) is 82.2 Å². The summed E-state index contributed by atoms with van der Waals surface area (Å²) in [5.74, 6) is -3.79. The van der Waals surface area contributed by atoms with Crippen LogP contribution in [0.3, 0.4) is 0 Å². The third-order valence-corrected chi connectivity index (χ3v) is 6.74. The lowest BCUT2D eigenvalue weighted by atomic mass is 9.95. The topological polar surface area (TPSA) is 86.2 Å². The van der Waals surface area contributed by atoms with E-state index in [1.54, 1.807) is 37.3 Å². The highest BCUT2D eigenvalue weighted by Crippen LogP contribution is 2.39. The zero-order valence-electron chi connectivity index (χ0n) is 16.4. The first-order valence-corrected chi connectivity index (χ1v) is 11.4. The van der Waals surface area contributed by atoms with E-state index in [0.29, 0.717) is 38.2 Å². The zero-order valence-corrected chi connectivity index (χ0v) is 18.8. The van der Waals surface area contributed by atoms with Crippen LogP contribution in [0.2, 0.25) is 0 Å². The smallest absolute Gasteiger partial charge is 0.238 e. The number of aryl methyl sites for hydroxylation is 1. The molecule has 1 heterocycles. The van der Waals surface area contributed by atoms with Crippen LogP contribution in [0.25, 0.3) is 33.6 Å². The first-order chi connectivity index (χ1) is 15.1. The number of halogens is 4. The second-order valence-corrected chi connectivity index (χ2v) is 9.32. The summed E-state index contributed by atoms with van der Waals surface area (Å²) >= 11 is 3.39. The van der Waals surface area contributed by atoms with Crippen LogP contribution in [0.4, 0.5) is 13.2 Å². The fourth-order valence-corrected chi connectivity index (χ4v) is 4.14. The van der Waals surface area contributed by atoms with Crippen molar-refractivity contribution in [3.63, 3.8) is 0 Å². The van der Waals surface area contributed by atoms with Gasteiger partial charge in [-0.1, -0.05) is 35.5 Å². The lowest BCUT2D eigenvalue weighted by molar-refractivity contribution is 0.427. The molecule has 2 N–H and O–H groups in total. The SMILES string of the molecule is Cc1noc(-c2cc(S(N)(=O)=O)ccc2-c2ccc(-c3ccc(F)c(F)c3F)cc2)c1Br. The number of rotatable bonds is 4. The predicted octanol–water partition coefficient (Wildman–Crippen LogP) is 5.81. The second kappa shape index (κ2) is 8.19. The van der Waals surface area contributed by atoms with Crippen molar-refractivity contribution in [3.8, 4) is 33.6 Å². The number of benzene rings is 3. The average molecular weight is 523 g/mol. The molecule has 0 bridgehead atoms. The molecule has 32 heavy (non-hydrogen) atoms. The molecule has 4 rings (SSSR count). The molecule has 0 radical (unpaired) electrons. The van der Waals surface area contributed by atoms with Gasteiger partial charge in [-0.15, -0.1) is 0 Å². The Morgan fingerprint density at radius 1 is 0.875 bits per heavy atom. The van der Waals surface area contributed by atoms with Gasteiger partial charge in [-0.25, -0.2) is 26.7 Å². The van der Waals surface area contributed by atoms with Gasteiger partial charge >= 0.3 is 0 Å². The van der Waals surface area contributed by atoms with E-state index in [1.807, 2.05) is 0 Å². The highest BCUT2D eigenvalue weighted by Gasteiger charge is 2.21. The van der Waals surface area contributed by atoms with Gasteiger partial charge in [0.05, 0.1) is 15.1 Å². The van der Waals surface area contributed by atoms with E-state index in [4.69, 9.17) is 9.66 Å². The lowest BCUT2D eigenvalue weighted by Crippen LogP contribution is -2.12. The second-order valence-electron chi connectivity index (χ2n) is 6.96. The van der Waals surface area contributed by atoms with E-state index < -0.39 is 27.5 Å². The summed E-state index contributed by atoms with van der Waals surface area (Å²) in [6.07, 6.45) is 0. The number of sulfonamides is 1. The molecule has 0 amide bonds. The molecule has 5 nitrogen and oxygen atoms in total. The minimum Gasteiger partial charge on any atom is -0.355 e. The van der Waals surface area contributed by atoms with Crippen molar-refractivity contribution in [2.24, 2.45) is 5.14 Å². The normalized spacial score (nSPS) is 11.7. The largest absolute Gasteiger partial charge is 0.355 e. The quantitative estimate of drug-likeness (QED) is 0.342. The monoisotopic (exact) mass is 522 g/mol. The summed E-state index contributed by atoms with van der Waals surface area (Å²) in [4.78, 5) is -0.113. The molecule has 0 spiro atoms. The van der Waals surface area contributed by atoms with Crippen LogP contribution >= 0.6 is 15.9 Å². The standard InChI is InChI=1S/C22H14BrF3N2O3S/c1-11-19(23)22(31-28-11)17-10-14(32(27,29)30)6-7-15(17)12-2-4-13(5-3-12)16-8-9-18(24)21(26)20(16)25/h2-10H,1H3,(H2,27,29,30). The van der Waals surface area contributed by atoms with E-state index in [0.717, 1.165) is 12.1 Å². The van der Waals surface area contributed by atoms with Gasteiger partial charge in [0.15, 0.2) is 23.2 Å². The molecule has 4 aromatic rings. The first-order valence-electron chi connectivity index (χ1n) is 9.11. The highest BCUT2D eigenvalue weighted by molar-refractivity contribution is 9.10. The number of nitrogens with zero attached hydrogens (tertiary/aromatic N) is 1. The maximum atomic E-state index is 14.2. The van der Waals surface area contributed by atoms with Crippen LogP contribution < -0.4 is 5.14 Å². The Bertz CT molecular complexity index is 1450. The number of aromatic nitrogens is 1. The van der Waals surface area contributed by atoms with Crippen LogP contribution in [0, 0.1) is 24.4 Å². The van der Waals surface area contributed by atoms with E-state index in [1.165, 1.54) is 12.1 Å². The summed E-state index contributed by atoms with van der Waals surface area (Å²) in [6, 6.07) is 12.7. The molecule has 0 saturated carbocycles. The van der Waals surface area contributed by atoms with Crippen LogP contribution in [0.5, 0.6) is 0 Å². The Hall–Kier alpha value is -2.95. The molecule has 0 saturated heterocycles. The number of hydrogen-bond donors (Lipinski definition) is 1. The van der Waals surface area contributed by atoms with Crippen LogP contribution in [0.1, 0.15) is 5.69 Å². The Morgan fingerprint density at radius 3 is 2.03 bits per heavy atom. The lowest BCUT2D eigenvalue weighted by Gasteiger charge is -2.11.